The Bertz CT molecular complexity index is 461. The molecule has 4 nitrogen and oxygen atoms in total. The van der Waals surface area contributed by atoms with Gasteiger partial charge in [0.05, 0.1) is 18.3 Å². The molecule has 0 radical (unpaired) electrons. The van der Waals surface area contributed by atoms with Gasteiger partial charge >= 0.3 is 0 Å². The molecule has 0 aliphatic heterocycles. The van der Waals surface area contributed by atoms with Crippen molar-refractivity contribution in [1.29, 1.82) is 0 Å². The number of ether oxygens (including phenoxy) is 1. The van der Waals surface area contributed by atoms with Crippen LogP contribution in [0.5, 0.6) is 0 Å². The summed E-state index contributed by atoms with van der Waals surface area (Å²) in [6.45, 7) is 1.48. The van der Waals surface area contributed by atoms with Gasteiger partial charge in [-0.2, -0.15) is 0 Å². The van der Waals surface area contributed by atoms with Crippen LogP contribution < -0.4 is 5.32 Å². The van der Waals surface area contributed by atoms with Crippen molar-refractivity contribution >= 4 is 0 Å². The Morgan fingerprint density at radius 1 is 1.11 bits per heavy atom. The SMILES string of the molecule is COCCNC(Cc1ccccn1)c1ccccn1. The van der Waals surface area contributed by atoms with Crippen LogP contribution in [0.2, 0.25) is 0 Å². The Kier molecular flexibility index (Phi) is 5.47. The summed E-state index contributed by atoms with van der Waals surface area (Å²) in [4.78, 5) is 8.80. The Balaban J connectivity index is 2.06. The quantitative estimate of drug-likeness (QED) is 0.771. The molecule has 0 spiro atoms. The Morgan fingerprint density at radius 3 is 2.53 bits per heavy atom. The van der Waals surface area contributed by atoms with Gasteiger partial charge in [0.25, 0.3) is 0 Å². The van der Waals surface area contributed by atoms with E-state index >= 15 is 0 Å². The lowest BCUT2D eigenvalue weighted by molar-refractivity contribution is 0.195. The molecule has 0 amide bonds. The molecule has 2 aromatic heterocycles. The molecule has 1 atom stereocenters. The third kappa shape index (κ3) is 4.43. The standard InChI is InChI=1S/C15H19N3O/c1-19-11-10-18-15(14-7-3-5-9-17-14)12-13-6-2-4-8-16-13/h2-9,15,18H,10-12H2,1H3. The van der Waals surface area contributed by atoms with Gasteiger partial charge < -0.3 is 10.1 Å². The van der Waals surface area contributed by atoms with Crippen molar-refractivity contribution in [2.75, 3.05) is 20.3 Å². The molecule has 19 heavy (non-hydrogen) atoms. The topological polar surface area (TPSA) is 47.0 Å². The van der Waals surface area contributed by atoms with E-state index in [-0.39, 0.29) is 6.04 Å². The van der Waals surface area contributed by atoms with Crippen LogP contribution in [0.15, 0.2) is 48.8 Å². The molecule has 0 bridgehead atoms. The van der Waals surface area contributed by atoms with Gasteiger partial charge in [0, 0.05) is 38.2 Å². The highest BCUT2D eigenvalue weighted by Crippen LogP contribution is 2.14. The van der Waals surface area contributed by atoms with Crippen molar-refractivity contribution in [3.8, 4) is 0 Å². The predicted molar refractivity (Wildman–Crippen MR) is 74.8 cm³/mol. The molecule has 0 saturated heterocycles. The van der Waals surface area contributed by atoms with E-state index in [1.165, 1.54) is 0 Å². The zero-order valence-corrected chi connectivity index (χ0v) is 11.1. The molecule has 100 valence electrons. The maximum Gasteiger partial charge on any atom is 0.0587 e. The summed E-state index contributed by atoms with van der Waals surface area (Å²) >= 11 is 0. The minimum absolute atomic E-state index is 0.159. The van der Waals surface area contributed by atoms with Crippen molar-refractivity contribution in [3.63, 3.8) is 0 Å². The van der Waals surface area contributed by atoms with E-state index in [2.05, 4.69) is 15.3 Å². The summed E-state index contributed by atoms with van der Waals surface area (Å²) in [6, 6.07) is 12.1. The summed E-state index contributed by atoms with van der Waals surface area (Å²) < 4.78 is 5.08. The third-order valence-electron chi connectivity index (χ3n) is 2.88. The van der Waals surface area contributed by atoms with Crippen molar-refractivity contribution in [1.82, 2.24) is 15.3 Å². The van der Waals surface area contributed by atoms with E-state index < -0.39 is 0 Å². The molecular weight excluding hydrogens is 238 g/mol. The van der Waals surface area contributed by atoms with Gasteiger partial charge in [0.1, 0.15) is 0 Å². The zero-order valence-electron chi connectivity index (χ0n) is 11.1. The minimum Gasteiger partial charge on any atom is -0.383 e. The van der Waals surface area contributed by atoms with Gasteiger partial charge in [-0.3, -0.25) is 9.97 Å². The monoisotopic (exact) mass is 257 g/mol. The zero-order chi connectivity index (χ0) is 13.3. The van der Waals surface area contributed by atoms with E-state index in [0.29, 0.717) is 6.61 Å². The molecule has 2 heterocycles. The lowest BCUT2D eigenvalue weighted by Crippen LogP contribution is -2.27. The Hall–Kier alpha value is -1.78. The second-order valence-corrected chi connectivity index (χ2v) is 4.28. The Morgan fingerprint density at radius 2 is 1.89 bits per heavy atom. The van der Waals surface area contributed by atoms with E-state index in [0.717, 1.165) is 24.4 Å². The molecule has 2 rings (SSSR count). The van der Waals surface area contributed by atoms with Gasteiger partial charge in [-0.1, -0.05) is 12.1 Å². The van der Waals surface area contributed by atoms with Crippen molar-refractivity contribution in [3.05, 3.63) is 60.2 Å². The van der Waals surface area contributed by atoms with Gasteiger partial charge in [-0.15, -0.1) is 0 Å². The first kappa shape index (κ1) is 13.6. The highest BCUT2D eigenvalue weighted by atomic mass is 16.5. The number of pyridine rings is 2. The minimum atomic E-state index is 0.159. The molecule has 0 fully saturated rings. The molecule has 0 aromatic carbocycles. The van der Waals surface area contributed by atoms with E-state index in [4.69, 9.17) is 4.74 Å². The first-order chi connectivity index (χ1) is 9.40. The predicted octanol–water partition coefficient (Wildman–Crippen LogP) is 2.00. The summed E-state index contributed by atoms with van der Waals surface area (Å²) in [5.41, 5.74) is 2.09. The lowest BCUT2D eigenvalue weighted by atomic mass is 10.1. The van der Waals surface area contributed by atoms with Crippen molar-refractivity contribution in [2.24, 2.45) is 0 Å². The van der Waals surface area contributed by atoms with Crippen LogP contribution in [-0.2, 0) is 11.2 Å². The largest absolute Gasteiger partial charge is 0.383 e. The molecular formula is C15H19N3O. The third-order valence-corrected chi connectivity index (χ3v) is 2.88. The fraction of sp³-hybridized carbons (Fsp3) is 0.333. The second-order valence-electron chi connectivity index (χ2n) is 4.28. The molecule has 0 aliphatic rings. The molecule has 1 N–H and O–H groups in total. The number of aromatic nitrogens is 2. The van der Waals surface area contributed by atoms with Gasteiger partial charge in [-0.25, -0.2) is 0 Å². The summed E-state index contributed by atoms with van der Waals surface area (Å²) in [5, 5.41) is 3.46. The summed E-state index contributed by atoms with van der Waals surface area (Å²) in [6.07, 6.45) is 4.46. The summed E-state index contributed by atoms with van der Waals surface area (Å²) in [5.74, 6) is 0. The van der Waals surface area contributed by atoms with Gasteiger partial charge in [0.2, 0.25) is 0 Å². The second kappa shape index (κ2) is 7.61. The van der Waals surface area contributed by atoms with Crippen LogP contribution in [0.4, 0.5) is 0 Å². The van der Waals surface area contributed by atoms with Gasteiger partial charge in [-0.05, 0) is 24.3 Å². The van der Waals surface area contributed by atoms with Crippen LogP contribution in [-0.4, -0.2) is 30.2 Å². The van der Waals surface area contributed by atoms with Crippen molar-refractivity contribution in [2.45, 2.75) is 12.5 Å². The first-order valence-electron chi connectivity index (χ1n) is 6.43. The number of rotatable bonds is 7. The normalized spacial score (nSPS) is 12.3. The highest BCUT2D eigenvalue weighted by molar-refractivity contribution is 5.13. The number of hydrogen-bond donors (Lipinski definition) is 1. The summed E-state index contributed by atoms with van der Waals surface area (Å²) in [7, 11) is 1.70. The average molecular weight is 257 g/mol. The lowest BCUT2D eigenvalue weighted by Gasteiger charge is -2.17. The number of nitrogens with zero attached hydrogens (tertiary/aromatic N) is 2. The number of nitrogens with one attached hydrogen (secondary N) is 1. The average Bonchev–Trinajstić information content (AvgIpc) is 2.48. The van der Waals surface area contributed by atoms with Crippen LogP contribution in [0.3, 0.4) is 0 Å². The van der Waals surface area contributed by atoms with Gasteiger partial charge in [0.15, 0.2) is 0 Å². The molecule has 4 heteroatoms. The van der Waals surface area contributed by atoms with E-state index in [1.807, 2.05) is 48.8 Å². The fourth-order valence-electron chi connectivity index (χ4n) is 1.93. The van der Waals surface area contributed by atoms with Crippen LogP contribution in [0.1, 0.15) is 17.4 Å². The number of hydrogen-bond acceptors (Lipinski definition) is 4. The molecule has 1 unspecified atom stereocenters. The highest BCUT2D eigenvalue weighted by Gasteiger charge is 2.13. The maximum absolute atomic E-state index is 5.08. The fourth-order valence-corrected chi connectivity index (χ4v) is 1.93. The van der Waals surface area contributed by atoms with E-state index in [1.54, 1.807) is 7.11 Å². The molecule has 0 saturated carbocycles. The van der Waals surface area contributed by atoms with Crippen molar-refractivity contribution < 1.29 is 4.74 Å². The molecule has 2 aromatic rings. The smallest absolute Gasteiger partial charge is 0.0587 e. The van der Waals surface area contributed by atoms with Crippen LogP contribution in [0, 0.1) is 0 Å². The van der Waals surface area contributed by atoms with Crippen LogP contribution in [0.25, 0.3) is 0 Å². The first-order valence-corrected chi connectivity index (χ1v) is 6.43. The van der Waals surface area contributed by atoms with Crippen LogP contribution >= 0.6 is 0 Å². The Labute approximate surface area is 113 Å². The molecule has 0 aliphatic carbocycles. The maximum atomic E-state index is 5.08. The van der Waals surface area contributed by atoms with E-state index in [9.17, 15) is 0 Å². The number of methoxy groups -OCH3 is 1.